The maximum absolute atomic E-state index is 4.27. The van der Waals surface area contributed by atoms with Gasteiger partial charge in [-0.3, -0.25) is 0 Å². The van der Waals surface area contributed by atoms with Crippen molar-refractivity contribution in [3.8, 4) is 0 Å². The van der Waals surface area contributed by atoms with Gasteiger partial charge in [0.15, 0.2) is 0 Å². The summed E-state index contributed by atoms with van der Waals surface area (Å²) in [4.78, 5) is 8.52. The van der Waals surface area contributed by atoms with Crippen molar-refractivity contribution in [1.82, 2.24) is 15.3 Å². The zero-order valence-corrected chi connectivity index (χ0v) is 11.6. The molecule has 1 aromatic heterocycles. The molecule has 1 aliphatic rings. The highest BCUT2D eigenvalue weighted by atomic mass is 15.1. The molecular weight excluding hydrogens is 250 g/mol. The van der Waals surface area contributed by atoms with E-state index in [1.54, 1.807) is 6.33 Å². The van der Waals surface area contributed by atoms with Gasteiger partial charge in [0.25, 0.3) is 0 Å². The van der Waals surface area contributed by atoms with Crippen molar-refractivity contribution < 1.29 is 0 Å². The summed E-state index contributed by atoms with van der Waals surface area (Å²) in [6.45, 7) is 4.13. The molecular formula is C15H19N5. The Balaban J connectivity index is 1.68. The fourth-order valence-corrected chi connectivity index (χ4v) is 2.28. The normalized spacial score (nSPS) is 17.9. The van der Waals surface area contributed by atoms with E-state index >= 15 is 0 Å². The summed E-state index contributed by atoms with van der Waals surface area (Å²) >= 11 is 0. The van der Waals surface area contributed by atoms with Crippen molar-refractivity contribution in [1.29, 1.82) is 0 Å². The summed E-state index contributed by atoms with van der Waals surface area (Å²) in [5, 5.41) is 10.0. The third-order valence-corrected chi connectivity index (χ3v) is 3.40. The number of benzene rings is 1. The molecule has 104 valence electrons. The van der Waals surface area contributed by atoms with E-state index in [1.807, 2.05) is 18.2 Å². The Morgan fingerprint density at radius 1 is 1.15 bits per heavy atom. The number of aryl methyl sites for hydroxylation is 1. The lowest BCUT2D eigenvalue weighted by atomic mass is 10.2. The highest BCUT2D eigenvalue weighted by Crippen LogP contribution is 2.17. The molecule has 0 amide bonds. The molecule has 3 rings (SSSR count). The molecule has 2 aromatic rings. The summed E-state index contributed by atoms with van der Waals surface area (Å²) in [5.74, 6) is 1.67. The fraction of sp³-hybridized carbons (Fsp3) is 0.333. The second kappa shape index (κ2) is 5.88. The maximum Gasteiger partial charge on any atom is 0.135 e. The van der Waals surface area contributed by atoms with Gasteiger partial charge in [-0.1, -0.05) is 17.7 Å². The number of hydrogen-bond acceptors (Lipinski definition) is 5. The molecule has 0 radical (unpaired) electrons. The van der Waals surface area contributed by atoms with Crippen molar-refractivity contribution in [3.63, 3.8) is 0 Å². The Kier molecular flexibility index (Phi) is 3.78. The lowest BCUT2D eigenvalue weighted by Gasteiger charge is -2.13. The molecule has 1 atom stereocenters. The third kappa shape index (κ3) is 3.24. The molecule has 0 spiro atoms. The van der Waals surface area contributed by atoms with Gasteiger partial charge in [0.05, 0.1) is 0 Å². The van der Waals surface area contributed by atoms with Crippen molar-refractivity contribution in [2.24, 2.45) is 0 Å². The van der Waals surface area contributed by atoms with Crippen LogP contribution >= 0.6 is 0 Å². The van der Waals surface area contributed by atoms with Gasteiger partial charge in [0.2, 0.25) is 0 Å². The van der Waals surface area contributed by atoms with Crippen LogP contribution in [0.2, 0.25) is 0 Å². The molecule has 20 heavy (non-hydrogen) atoms. The van der Waals surface area contributed by atoms with Crippen molar-refractivity contribution in [2.45, 2.75) is 19.4 Å². The molecule has 1 saturated heterocycles. The second-order valence-electron chi connectivity index (χ2n) is 5.11. The summed E-state index contributed by atoms with van der Waals surface area (Å²) < 4.78 is 0. The van der Waals surface area contributed by atoms with E-state index in [1.165, 1.54) is 5.56 Å². The van der Waals surface area contributed by atoms with Gasteiger partial charge in [-0.25, -0.2) is 9.97 Å². The molecule has 1 fully saturated rings. The zero-order chi connectivity index (χ0) is 13.8. The van der Waals surface area contributed by atoms with Crippen LogP contribution in [0.25, 0.3) is 0 Å². The van der Waals surface area contributed by atoms with Crippen LogP contribution in [0.4, 0.5) is 17.3 Å². The molecule has 1 aromatic carbocycles. The highest BCUT2D eigenvalue weighted by molar-refractivity contribution is 5.59. The number of hydrogen-bond donors (Lipinski definition) is 3. The van der Waals surface area contributed by atoms with Gasteiger partial charge in [0, 0.05) is 24.3 Å². The molecule has 0 saturated carbocycles. The molecule has 5 heteroatoms. The number of nitrogens with one attached hydrogen (secondary N) is 3. The fourth-order valence-electron chi connectivity index (χ4n) is 2.28. The Morgan fingerprint density at radius 2 is 1.95 bits per heavy atom. The summed E-state index contributed by atoms with van der Waals surface area (Å²) in [6, 6.07) is 10.6. The molecule has 2 heterocycles. The van der Waals surface area contributed by atoms with Gasteiger partial charge in [0.1, 0.15) is 18.0 Å². The second-order valence-corrected chi connectivity index (χ2v) is 5.11. The van der Waals surface area contributed by atoms with Gasteiger partial charge in [-0.05, 0) is 32.0 Å². The summed E-state index contributed by atoms with van der Waals surface area (Å²) in [5.41, 5.74) is 2.28. The van der Waals surface area contributed by atoms with Gasteiger partial charge in [-0.2, -0.15) is 0 Å². The summed E-state index contributed by atoms with van der Waals surface area (Å²) in [7, 11) is 0. The zero-order valence-electron chi connectivity index (χ0n) is 11.6. The Bertz CT molecular complexity index is 561. The monoisotopic (exact) mass is 269 g/mol. The topological polar surface area (TPSA) is 61.9 Å². The minimum absolute atomic E-state index is 0.456. The Labute approximate surface area is 118 Å². The first-order chi connectivity index (χ1) is 9.79. The molecule has 1 unspecified atom stereocenters. The van der Waals surface area contributed by atoms with Crippen molar-refractivity contribution >= 4 is 17.3 Å². The van der Waals surface area contributed by atoms with Crippen LogP contribution in [0.1, 0.15) is 12.0 Å². The Hall–Kier alpha value is -2.14. The largest absolute Gasteiger partial charge is 0.366 e. The number of nitrogens with zero attached hydrogens (tertiary/aromatic N) is 2. The first kappa shape index (κ1) is 12.9. The smallest absolute Gasteiger partial charge is 0.135 e. The van der Waals surface area contributed by atoms with Crippen molar-refractivity contribution in [2.75, 3.05) is 23.7 Å². The molecule has 0 bridgehead atoms. The van der Waals surface area contributed by atoms with E-state index in [9.17, 15) is 0 Å². The lowest BCUT2D eigenvalue weighted by molar-refractivity contribution is 0.787. The van der Waals surface area contributed by atoms with E-state index in [0.29, 0.717) is 6.04 Å². The number of aromatic nitrogens is 2. The predicted molar refractivity (Wildman–Crippen MR) is 81.4 cm³/mol. The highest BCUT2D eigenvalue weighted by Gasteiger charge is 2.14. The van der Waals surface area contributed by atoms with Gasteiger partial charge >= 0.3 is 0 Å². The lowest BCUT2D eigenvalue weighted by Crippen LogP contribution is -2.22. The first-order valence-corrected chi connectivity index (χ1v) is 6.92. The maximum atomic E-state index is 4.27. The SMILES string of the molecule is Cc1ccc(Nc2cc(NC3CCNC3)ncn2)cc1. The summed E-state index contributed by atoms with van der Waals surface area (Å²) in [6.07, 6.45) is 2.71. The van der Waals surface area contributed by atoms with Crippen LogP contribution in [0, 0.1) is 6.92 Å². The molecule has 3 N–H and O–H groups in total. The number of rotatable bonds is 4. The van der Waals surface area contributed by atoms with Crippen molar-refractivity contribution in [3.05, 3.63) is 42.2 Å². The standard InChI is InChI=1S/C15H19N5/c1-11-2-4-12(5-3-11)19-14-8-15(18-10-17-14)20-13-6-7-16-9-13/h2-5,8,10,13,16H,6-7,9H2,1H3,(H2,17,18,19,20). The van der Waals surface area contributed by atoms with Gasteiger partial charge < -0.3 is 16.0 Å². The van der Waals surface area contributed by atoms with E-state index < -0.39 is 0 Å². The van der Waals surface area contributed by atoms with Gasteiger partial charge in [-0.15, -0.1) is 0 Å². The van der Waals surface area contributed by atoms with E-state index in [2.05, 4.69) is 45.0 Å². The average Bonchev–Trinajstić information content (AvgIpc) is 2.95. The molecule has 5 nitrogen and oxygen atoms in total. The number of anilines is 3. The van der Waals surface area contributed by atoms with Crippen LogP contribution < -0.4 is 16.0 Å². The van der Waals surface area contributed by atoms with E-state index in [-0.39, 0.29) is 0 Å². The van der Waals surface area contributed by atoms with E-state index in [0.717, 1.165) is 36.8 Å². The minimum Gasteiger partial charge on any atom is -0.366 e. The molecule has 1 aliphatic heterocycles. The Morgan fingerprint density at radius 3 is 2.70 bits per heavy atom. The van der Waals surface area contributed by atoms with Crippen LogP contribution in [0.3, 0.4) is 0 Å². The molecule has 0 aliphatic carbocycles. The average molecular weight is 269 g/mol. The van der Waals surface area contributed by atoms with Crippen LogP contribution in [-0.2, 0) is 0 Å². The third-order valence-electron chi connectivity index (χ3n) is 3.40. The van der Waals surface area contributed by atoms with E-state index in [4.69, 9.17) is 0 Å². The minimum atomic E-state index is 0.456. The quantitative estimate of drug-likeness (QED) is 0.795. The van der Waals surface area contributed by atoms with Crippen LogP contribution in [-0.4, -0.2) is 29.1 Å². The van der Waals surface area contributed by atoms with Crippen LogP contribution in [0.15, 0.2) is 36.7 Å². The predicted octanol–water partition coefficient (Wildman–Crippen LogP) is 2.30. The first-order valence-electron chi connectivity index (χ1n) is 6.92. The van der Waals surface area contributed by atoms with Crippen LogP contribution in [0.5, 0.6) is 0 Å².